The number of fused-ring (bicyclic) bond motifs is 2. The number of hydrogen-bond acceptors (Lipinski definition) is 6. The van der Waals surface area contributed by atoms with Gasteiger partial charge in [0.05, 0.1) is 29.8 Å². The quantitative estimate of drug-likeness (QED) is 0.167. The van der Waals surface area contributed by atoms with Crippen molar-refractivity contribution in [1.29, 1.82) is 0 Å². The molecule has 8 heteroatoms. The van der Waals surface area contributed by atoms with Crippen LogP contribution in [0.5, 0.6) is 11.5 Å². The van der Waals surface area contributed by atoms with Gasteiger partial charge in [-0.15, -0.1) is 0 Å². The summed E-state index contributed by atoms with van der Waals surface area (Å²) in [6.45, 7) is 6.30. The highest BCUT2D eigenvalue weighted by Crippen LogP contribution is 2.34. The lowest BCUT2D eigenvalue weighted by Gasteiger charge is -2.17. The summed E-state index contributed by atoms with van der Waals surface area (Å²) in [7, 11) is 1.65. The third-order valence-corrected chi connectivity index (χ3v) is 7.99. The number of ether oxygens (including phenoxy) is 2. The van der Waals surface area contributed by atoms with Crippen molar-refractivity contribution in [2.24, 2.45) is 5.10 Å². The minimum Gasteiger partial charge on any atom is -0.496 e. The van der Waals surface area contributed by atoms with Crippen LogP contribution in [-0.2, 0) is 6.61 Å². The molecule has 0 aliphatic rings. The summed E-state index contributed by atoms with van der Waals surface area (Å²) in [6.07, 6.45) is 1.63. The number of para-hydroxylation sites is 1. The number of carbonyl (C=O) groups is 1. The summed E-state index contributed by atoms with van der Waals surface area (Å²) < 4.78 is 13.3. The number of carboxylic acids is 1. The van der Waals surface area contributed by atoms with Crippen LogP contribution < -0.4 is 15.0 Å². The normalized spacial score (nSPS) is 11.5. The van der Waals surface area contributed by atoms with Crippen molar-refractivity contribution >= 4 is 33.9 Å². The molecule has 0 unspecified atom stereocenters. The Morgan fingerprint density at radius 3 is 2.46 bits per heavy atom. The first kappa shape index (κ1) is 30.3. The number of carboxylic acid groups (broad SMARTS) is 1. The Bertz CT molecular complexity index is 2200. The number of rotatable bonds is 9. The number of hydrogen-bond donors (Lipinski definition) is 1. The molecule has 6 rings (SSSR count). The molecule has 0 spiro atoms. The van der Waals surface area contributed by atoms with Gasteiger partial charge in [0.2, 0.25) is 0 Å². The van der Waals surface area contributed by atoms with Crippen LogP contribution in [0.2, 0.25) is 0 Å². The van der Waals surface area contributed by atoms with Crippen molar-refractivity contribution in [1.82, 2.24) is 9.66 Å². The number of benzene rings is 5. The van der Waals surface area contributed by atoms with Gasteiger partial charge in [-0.1, -0.05) is 68.4 Å². The van der Waals surface area contributed by atoms with Gasteiger partial charge < -0.3 is 14.6 Å². The molecule has 0 radical (unpaired) electrons. The minimum atomic E-state index is -1.00. The summed E-state index contributed by atoms with van der Waals surface area (Å²) in [5.41, 5.74) is 4.52. The summed E-state index contributed by atoms with van der Waals surface area (Å²) in [4.78, 5) is 30.5. The van der Waals surface area contributed by atoms with Crippen molar-refractivity contribution in [3.05, 3.63) is 135 Å². The maximum atomic E-state index is 14.0. The number of aromatic carboxylic acids is 1. The van der Waals surface area contributed by atoms with E-state index in [9.17, 15) is 14.7 Å². The first-order valence-corrected chi connectivity index (χ1v) is 15.0. The van der Waals surface area contributed by atoms with E-state index in [0.717, 1.165) is 33.2 Å². The second kappa shape index (κ2) is 12.7. The fourth-order valence-electron chi connectivity index (χ4n) is 5.58. The Hall–Kier alpha value is -5.76. The van der Waals surface area contributed by atoms with Crippen molar-refractivity contribution in [3.8, 4) is 22.9 Å². The van der Waals surface area contributed by atoms with E-state index in [1.807, 2.05) is 79.7 Å². The van der Waals surface area contributed by atoms with Gasteiger partial charge >= 0.3 is 5.97 Å². The van der Waals surface area contributed by atoms with Crippen molar-refractivity contribution in [2.75, 3.05) is 7.11 Å². The molecule has 0 fully saturated rings. The fourth-order valence-corrected chi connectivity index (χ4v) is 5.58. The van der Waals surface area contributed by atoms with Gasteiger partial charge in [-0.05, 0) is 82.8 Å². The monoisotopic (exact) mass is 611 g/mol. The maximum absolute atomic E-state index is 14.0. The van der Waals surface area contributed by atoms with Gasteiger partial charge in [0, 0.05) is 11.1 Å². The number of aryl methyl sites for hydroxylation is 1. The van der Waals surface area contributed by atoms with Crippen molar-refractivity contribution in [2.45, 2.75) is 33.3 Å². The summed E-state index contributed by atoms with van der Waals surface area (Å²) in [5, 5.41) is 16.5. The van der Waals surface area contributed by atoms with E-state index in [-0.39, 0.29) is 23.6 Å². The van der Waals surface area contributed by atoms with Crippen LogP contribution in [0.25, 0.3) is 33.1 Å². The highest BCUT2D eigenvalue weighted by molar-refractivity contribution is 6.02. The zero-order valence-electron chi connectivity index (χ0n) is 26.0. The van der Waals surface area contributed by atoms with Crippen LogP contribution in [0.4, 0.5) is 0 Å². The van der Waals surface area contributed by atoms with Gasteiger partial charge in [0.25, 0.3) is 5.56 Å². The SMILES string of the molecule is COc1cc(C)c(-c2nc3ccccc3c(=O)n2N=Cc2c(OCc3cccc(C(=O)O)c3)ccc3ccccc23)cc1C(C)C. The van der Waals surface area contributed by atoms with Gasteiger partial charge in [-0.25, -0.2) is 9.78 Å². The lowest BCUT2D eigenvalue weighted by molar-refractivity contribution is 0.0696. The second-order valence-electron chi connectivity index (χ2n) is 11.4. The summed E-state index contributed by atoms with van der Waals surface area (Å²) >= 11 is 0. The molecule has 5 aromatic carbocycles. The average molecular weight is 612 g/mol. The Labute approximate surface area is 266 Å². The highest BCUT2D eigenvalue weighted by atomic mass is 16.5. The topological polar surface area (TPSA) is 103 Å². The lowest BCUT2D eigenvalue weighted by atomic mass is 9.96. The molecule has 0 saturated carbocycles. The predicted molar refractivity (Wildman–Crippen MR) is 181 cm³/mol. The van der Waals surface area contributed by atoms with Crippen LogP contribution in [0, 0.1) is 6.92 Å². The van der Waals surface area contributed by atoms with E-state index in [1.165, 1.54) is 4.68 Å². The largest absolute Gasteiger partial charge is 0.496 e. The molecule has 0 amide bonds. The van der Waals surface area contributed by atoms with E-state index < -0.39 is 5.97 Å². The molecular weight excluding hydrogens is 578 g/mol. The lowest BCUT2D eigenvalue weighted by Crippen LogP contribution is -2.21. The molecule has 0 aliphatic carbocycles. The fraction of sp³-hybridized carbons (Fsp3) is 0.158. The second-order valence-corrected chi connectivity index (χ2v) is 11.4. The van der Waals surface area contributed by atoms with Crippen molar-refractivity contribution in [3.63, 3.8) is 0 Å². The van der Waals surface area contributed by atoms with Crippen LogP contribution in [0.3, 0.4) is 0 Å². The van der Waals surface area contributed by atoms with Gasteiger partial charge in [0.15, 0.2) is 5.82 Å². The zero-order valence-corrected chi connectivity index (χ0v) is 26.0. The number of methoxy groups -OCH3 is 1. The van der Waals surface area contributed by atoms with Gasteiger partial charge in [0.1, 0.15) is 18.1 Å². The van der Waals surface area contributed by atoms with Crippen LogP contribution in [-0.4, -0.2) is 34.1 Å². The molecule has 1 heterocycles. The molecule has 46 heavy (non-hydrogen) atoms. The first-order chi connectivity index (χ1) is 22.2. The van der Waals surface area contributed by atoms with Crippen LogP contribution in [0.1, 0.15) is 52.4 Å². The summed E-state index contributed by atoms with van der Waals surface area (Å²) in [5.74, 6) is 0.897. The zero-order chi connectivity index (χ0) is 32.4. The van der Waals surface area contributed by atoms with E-state index in [4.69, 9.17) is 19.6 Å². The molecular formula is C38H33N3O5. The smallest absolute Gasteiger partial charge is 0.335 e. The average Bonchev–Trinajstić information content (AvgIpc) is 3.06. The Balaban J connectivity index is 1.51. The first-order valence-electron chi connectivity index (χ1n) is 15.0. The molecule has 0 atom stereocenters. The van der Waals surface area contributed by atoms with Gasteiger partial charge in [-0.3, -0.25) is 4.79 Å². The van der Waals surface area contributed by atoms with E-state index in [2.05, 4.69) is 13.8 Å². The van der Waals surface area contributed by atoms with Crippen molar-refractivity contribution < 1.29 is 19.4 Å². The molecule has 1 N–H and O–H groups in total. The Morgan fingerprint density at radius 2 is 1.70 bits per heavy atom. The van der Waals surface area contributed by atoms with Gasteiger partial charge in [-0.2, -0.15) is 9.78 Å². The molecule has 1 aromatic heterocycles. The minimum absolute atomic E-state index is 0.145. The van der Waals surface area contributed by atoms with E-state index in [0.29, 0.717) is 33.6 Å². The number of nitrogens with zero attached hydrogens (tertiary/aromatic N) is 3. The molecule has 6 aromatic rings. The van der Waals surface area contributed by atoms with Crippen LogP contribution in [0.15, 0.2) is 107 Å². The Morgan fingerprint density at radius 1 is 0.935 bits per heavy atom. The highest BCUT2D eigenvalue weighted by Gasteiger charge is 2.19. The third-order valence-electron chi connectivity index (χ3n) is 7.99. The number of aromatic nitrogens is 2. The molecule has 0 saturated heterocycles. The standard InChI is InChI=1S/C38H33N3O5/c1-23(2)30-20-31(24(3)18-35(30)45-4)36-40-33-15-8-7-14-29(33)37(42)41(36)39-21-32-28-13-6-5-11-26(28)16-17-34(32)46-22-25-10-9-12-27(19-25)38(43)44/h5-21,23H,22H2,1-4H3,(H,43,44). The summed E-state index contributed by atoms with van der Waals surface area (Å²) in [6, 6.07) is 29.5. The van der Waals surface area contributed by atoms with E-state index in [1.54, 1.807) is 37.6 Å². The maximum Gasteiger partial charge on any atom is 0.335 e. The predicted octanol–water partition coefficient (Wildman–Crippen LogP) is 7.82. The molecule has 0 aliphatic heterocycles. The van der Waals surface area contributed by atoms with E-state index >= 15 is 0 Å². The molecule has 0 bridgehead atoms. The molecule has 8 nitrogen and oxygen atoms in total. The Kier molecular flexibility index (Phi) is 8.35. The molecule has 230 valence electrons. The third kappa shape index (κ3) is 5.85. The van der Waals surface area contributed by atoms with Crippen LogP contribution >= 0.6 is 0 Å².